The van der Waals surface area contributed by atoms with Gasteiger partial charge in [-0.2, -0.15) is 5.10 Å². The zero-order valence-electron chi connectivity index (χ0n) is 8.95. The van der Waals surface area contributed by atoms with E-state index >= 15 is 0 Å². The molecule has 0 aliphatic carbocycles. The van der Waals surface area contributed by atoms with Crippen LogP contribution in [0.15, 0.2) is 0 Å². The first-order chi connectivity index (χ1) is 7.11. The van der Waals surface area contributed by atoms with E-state index in [1.807, 2.05) is 6.92 Å². The van der Waals surface area contributed by atoms with E-state index in [-0.39, 0.29) is 24.8 Å². The third-order valence-corrected chi connectivity index (χ3v) is 2.22. The van der Waals surface area contributed by atoms with Gasteiger partial charge in [-0.25, -0.2) is 0 Å². The van der Waals surface area contributed by atoms with Crippen LogP contribution in [0, 0.1) is 0 Å². The molecule has 0 aliphatic rings. The number of nitrogens with zero attached hydrogens (tertiary/aromatic N) is 2. The van der Waals surface area contributed by atoms with Crippen molar-refractivity contribution in [2.24, 2.45) is 0 Å². The topological polar surface area (TPSA) is 95.2 Å². The van der Waals surface area contributed by atoms with Gasteiger partial charge in [0.25, 0.3) is 5.91 Å². The lowest BCUT2D eigenvalue weighted by Crippen LogP contribution is -2.30. The Labute approximate surface area is 88.1 Å². The minimum atomic E-state index is -0.280. The van der Waals surface area contributed by atoms with Crippen LogP contribution >= 0.6 is 0 Å². The van der Waals surface area contributed by atoms with E-state index in [1.165, 1.54) is 4.90 Å². The lowest BCUT2D eigenvalue weighted by molar-refractivity contribution is 0.0762. The number of amides is 1. The Kier molecular flexibility index (Phi) is 3.68. The van der Waals surface area contributed by atoms with Crippen LogP contribution in [0.25, 0.3) is 0 Å². The monoisotopic (exact) mass is 212 g/mol. The van der Waals surface area contributed by atoms with E-state index in [2.05, 4.69) is 10.2 Å². The summed E-state index contributed by atoms with van der Waals surface area (Å²) < 4.78 is 0. The van der Waals surface area contributed by atoms with Crippen molar-refractivity contribution >= 4 is 11.6 Å². The third kappa shape index (κ3) is 2.27. The summed E-state index contributed by atoms with van der Waals surface area (Å²) in [5.41, 5.74) is 7.13. The predicted molar refractivity (Wildman–Crippen MR) is 56.4 cm³/mol. The maximum Gasteiger partial charge on any atom is 0.276 e. The van der Waals surface area contributed by atoms with Gasteiger partial charge in [0.15, 0.2) is 5.69 Å². The second kappa shape index (κ2) is 4.79. The SMILES string of the molecule is CCc1[nH]nc(C(=O)N(C)CCO)c1N. The highest BCUT2D eigenvalue weighted by atomic mass is 16.3. The molecular formula is C9H16N4O2. The smallest absolute Gasteiger partial charge is 0.276 e. The molecule has 1 amide bonds. The number of carbonyl (C=O) groups excluding carboxylic acids is 1. The number of aliphatic hydroxyl groups excluding tert-OH is 1. The summed E-state index contributed by atoms with van der Waals surface area (Å²) in [6, 6.07) is 0. The summed E-state index contributed by atoms with van der Waals surface area (Å²) in [7, 11) is 1.60. The zero-order valence-corrected chi connectivity index (χ0v) is 8.95. The molecule has 1 aromatic rings. The number of anilines is 1. The number of rotatable bonds is 4. The number of hydrogen-bond acceptors (Lipinski definition) is 4. The Balaban J connectivity index is 2.86. The first kappa shape index (κ1) is 11.5. The minimum Gasteiger partial charge on any atom is -0.395 e. The van der Waals surface area contributed by atoms with Gasteiger partial charge in [0.05, 0.1) is 18.0 Å². The molecule has 0 fully saturated rings. The maximum absolute atomic E-state index is 11.7. The largest absolute Gasteiger partial charge is 0.395 e. The molecule has 0 spiro atoms. The summed E-state index contributed by atoms with van der Waals surface area (Å²) in [5, 5.41) is 15.3. The van der Waals surface area contributed by atoms with Crippen molar-refractivity contribution in [3.63, 3.8) is 0 Å². The van der Waals surface area contributed by atoms with E-state index in [0.717, 1.165) is 5.69 Å². The molecule has 0 aliphatic heterocycles. The summed E-state index contributed by atoms with van der Waals surface area (Å²) in [5.74, 6) is -0.280. The van der Waals surface area contributed by atoms with Gasteiger partial charge in [0, 0.05) is 13.6 Å². The quantitative estimate of drug-likeness (QED) is 0.634. The van der Waals surface area contributed by atoms with Crippen LogP contribution in [0.2, 0.25) is 0 Å². The van der Waals surface area contributed by atoms with Crippen molar-refractivity contribution in [3.8, 4) is 0 Å². The van der Waals surface area contributed by atoms with Crippen LogP contribution in [0.4, 0.5) is 5.69 Å². The molecule has 0 unspecified atom stereocenters. The van der Waals surface area contributed by atoms with E-state index in [0.29, 0.717) is 12.1 Å². The molecule has 0 radical (unpaired) electrons. The van der Waals surface area contributed by atoms with E-state index in [9.17, 15) is 4.79 Å². The van der Waals surface area contributed by atoms with Crippen molar-refractivity contribution in [1.29, 1.82) is 0 Å². The number of nitrogens with one attached hydrogen (secondary N) is 1. The normalized spacial score (nSPS) is 10.3. The van der Waals surface area contributed by atoms with Gasteiger partial charge in [0.1, 0.15) is 0 Å². The molecule has 84 valence electrons. The number of aryl methyl sites for hydroxylation is 1. The Morgan fingerprint density at radius 3 is 2.80 bits per heavy atom. The number of H-pyrrole nitrogens is 1. The van der Waals surface area contributed by atoms with E-state index < -0.39 is 0 Å². The van der Waals surface area contributed by atoms with Crippen molar-refractivity contribution in [3.05, 3.63) is 11.4 Å². The van der Waals surface area contributed by atoms with Crippen molar-refractivity contribution in [2.45, 2.75) is 13.3 Å². The molecule has 6 heteroatoms. The molecule has 15 heavy (non-hydrogen) atoms. The van der Waals surface area contributed by atoms with Gasteiger partial charge >= 0.3 is 0 Å². The van der Waals surface area contributed by atoms with Crippen LogP contribution in [-0.2, 0) is 6.42 Å². The molecule has 0 aromatic carbocycles. The van der Waals surface area contributed by atoms with Crippen molar-refractivity contribution < 1.29 is 9.90 Å². The fourth-order valence-corrected chi connectivity index (χ4v) is 1.25. The van der Waals surface area contributed by atoms with Gasteiger partial charge < -0.3 is 15.7 Å². The van der Waals surface area contributed by atoms with E-state index in [1.54, 1.807) is 7.05 Å². The average Bonchev–Trinajstić information content (AvgIpc) is 2.59. The standard InChI is InChI=1S/C9H16N4O2/c1-3-6-7(10)8(12-11-6)9(15)13(2)4-5-14/h14H,3-5,10H2,1-2H3,(H,11,12). The highest BCUT2D eigenvalue weighted by molar-refractivity contribution is 5.97. The van der Waals surface area contributed by atoms with E-state index in [4.69, 9.17) is 10.8 Å². The number of aromatic nitrogens is 2. The number of aliphatic hydroxyl groups is 1. The Morgan fingerprint density at radius 2 is 2.33 bits per heavy atom. The van der Waals surface area contributed by atoms with Crippen LogP contribution in [0.5, 0.6) is 0 Å². The second-order valence-electron chi connectivity index (χ2n) is 3.27. The molecular weight excluding hydrogens is 196 g/mol. The van der Waals surface area contributed by atoms with Gasteiger partial charge in [-0.05, 0) is 6.42 Å². The molecule has 0 saturated carbocycles. The Hall–Kier alpha value is -1.56. The van der Waals surface area contributed by atoms with Crippen LogP contribution < -0.4 is 5.73 Å². The average molecular weight is 212 g/mol. The highest BCUT2D eigenvalue weighted by Crippen LogP contribution is 2.15. The maximum atomic E-state index is 11.7. The summed E-state index contributed by atoms with van der Waals surface area (Å²) in [4.78, 5) is 13.1. The first-order valence-corrected chi connectivity index (χ1v) is 4.80. The number of hydrogen-bond donors (Lipinski definition) is 3. The van der Waals surface area contributed by atoms with Crippen LogP contribution in [-0.4, -0.2) is 46.3 Å². The molecule has 0 saturated heterocycles. The summed E-state index contributed by atoms with van der Waals surface area (Å²) in [6.45, 7) is 2.12. The van der Waals surface area contributed by atoms with Crippen LogP contribution in [0.1, 0.15) is 23.1 Å². The minimum absolute atomic E-state index is 0.0762. The first-order valence-electron chi connectivity index (χ1n) is 4.80. The second-order valence-corrected chi connectivity index (χ2v) is 3.27. The molecule has 4 N–H and O–H groups in total. The lowest BCUT2D eigenvalue weighted by atomic mass is 10.2. The van der Waals surface area contributed by atoms with Gasteiger partial charge in [-0.15, -0.1) is 0 Å². The fourth-order valence-electron chi connectivity index (χ4n) is 1.25. The number of nitrogens with two attached hydrogens (primary N) is 1. The molecule has 0 bridgehead atoms. The number of aromatic amines is 1. The zero-order chi connectivity index (χ0) is 11.4. The van der Waals surface area contributed by atoms with Crippen molar-refractivity contribution in [2.75, 3.05) is 25.9 Å². The summed E-state index contributed by atoms with van der Waals surface area (Å²) in [6.07, 6.45) is 0.704. The lowest BCUT2D eigenvalue weighted by Gasteiger charge is -2.14. The van der Waals surface area contributed by atoms with Gasteiger partial charge in [-0.1, -0.05) is 6.92 Å². The third-order valence-electron chi connectivity index (χ3n) is 2.22. The van der Waals surface area contributed by atoms with Crippen LogP contribution in [0.3, 0.4) is 0 Å². The predicted octanol–water partition coefficient (Wildman–Crippen LogP) is -0.381. The highest BCUT2D eigenvalue weighted by Gasteiger charge is 2.19. The molecule has 1 heterocycles. The number of carbonyl (C=O) groups is 1. The van der Waals surface area contributed by atoms with Gasteiger partial charge in [-0.3, -0.25) is 9.89 Å². The Morgan fingerprint density at radius 1 is 1.67 bits per heavy atom. The molecule has 0 atom stereocenters. The summed E-state index contributed by atoms with van der Waals surface area (Å²) >= 11 is 0. The molecule has 1 aromatic heterocycles. The van der Waals surface area contributed by atoms with Gasteiger partial charge in [0.2, 0.25) is 0 Å². The molecule has 1 rings (SSSR count). The fraction of sp³-hybridized carbons (Fsp3) is 0.556. The Bertz CT molecular complexity index is 348. The van der Waals surface area contributed by atoms with Crippen molar-refractivity contribution in [1.82, 2.24) is 15.1 Å². The number of nitrogen functional groups attached to an aromatic ring is 1. The molecule has 6 nitrogen and oxygen atoms in total. The number of likely N-dealkylation sites (N-methyl/N-ethyl adjacent to an activating group) is 1.